The van der Waals surface area contributed by atoms with Crippen molar-refractivity contribution < 1.29 is 4.79 Å². The molecule has 1 amide bonds. The van der Waals surface area contributed by atoms with Crippen LogP contribution in [-0.2, 0) is 4.79 Å². The zero-order valence-electron chi connectivity index (χ0n) is 12.1. The van der Waals surface area contributed by atoms with E-state index in [9.17, 15) is 4.79 Å². The van der Waals surface area contributed by atoms with Gasteiger partial charge in [-0.15, -0.1) is 0 Å². The second kappa shape index (κ2) is 5.04. The molecule has 1 N–H and O–H groups in total. The Balaban J connectivity index is 2.18. The van der Waals surface area contributed by atoms with Crippen LogP contribution < -0.4 is 15.1 Å². The van der Waals surface area contributed by atoms with Gasteiger partial charge < -0.3 is 15.1 Å². The van der Waals surface area contributed by atoms with Crippen molar-refractivity contribution in [1.29, 1.82) is 0 Å². The minimum Gasteiger partial charge on any atom is -0.365 e. The van der Waals surface area contributed by atoms with E-state index in [4.69, 9.17) is 0 Å². The molecular formula is C15H20BrN3O. The number of nitrogens with one attached hydrogen (secondary N) is 1. The van der Waals surface area contributed by atoms with Gasteiger partial charge in [-0.1, -0.05) is 15.9 Å². The maximum absolute atomic E-state index is 12.3. The van der Waals surface area contributed by atoms with Gasteiger partial charge in [0.25, 0.3) is 0 Å². The van der Waals surface area contributed by atoms with E-state index in [-0.39, 0.29) is 11.9 Å². The summed E-state index contributed by atoms with van der Waals surface area (Å²) in [5.41, 5.74) is 3.47. The topological polar surface area (TPSA) is 35.6 Å². The number of rotatable bonds is 1. The number of hydrogen-bond acceptors (Lipinski definition) is 3. The molecule has 2 heterocycles. The lowest BCUT2D eigenvalue weighted by Crippen LogP contribution is -2.62. The Morgan fingerprint density at radius 1 is 1.40 bits per heavy atom. The maximum Gasteiger partial charge on any atom is 0.241 e. The highest BCUT2D eigenvalue weighted by molar-refractivity contribution is 9.10. The zero-order chi connectivity index (χ0) is 14.4. The monoisotopic (exact) mass is 337 g/mol. The number of carbonyl (C=O) groups excluding carboxylic acids is 1. The number of piperazine rings is 1. The van der Waals surface area contributed by atoms with Gasteiger partial charge in [0.2, 0.25) is 5.91 Å². The standard InChI is InChI=1S/C15H20BrN3O/c1-9(2)18-8-12-6-17-7-14(20)19(12)13-5-11(16)4-10(3)15(13)18/h4-5,9,12,17H,6-8H2,1-3H3. The van der Waals surface area contributed by atoms with Crippen molar-refractivity contribution >= 4 is 33.2 Å². The van der Waals surface area contributed by atoms with Crippen molar-refractivity contribution in [1.82, 2.24) is 5.32 Å². The average Bonchev–Trinajstić information content (AvgIpc) is 2.37. The zero-order valence-corrected chi connectivity index (χ0v) is 13.7. The van der Waals surface area contributed by atoms with Gasteiger partial charge in [0.15, 0.2) is 0 Å². The normalized spacial score (nSPS) is 22.1. The van der Waals surface area contributed by atoms with Gasteiger partial charge in [0.05, 0.1) is 24.0 Å². The summed E-state index contributed by atoms with van der Waals surface area (Å²) in [7, 11) is 0. The fraction of sp³-hybridized carbons (Fsp3) is 0.533. The molecule has 0 bridgehead atoms. The number of fused-ring (bicyclic) bond motifs is 3. The van der Waals surface area contributed by atoms with E-state index >= 15 is 0 Å². The predicted octanol–water partition coefficient (Wildman–Crippen LogP) is 2.29. The molecule has 1 aromatic carbocycles. The van der Waals surface area contributed by atoms with E-state index < -0.39 is 0 Å². The summed E-state index contributed by atoms with van der Waals surface area (Å²) < 4.78 is 1.03. The molecule has 0 spiro atoms. The molecule has 0 radical (unpaired) electrons. The fourth-order valence-electron chi connectivity index (χ4n) is 3.27. The van der Waals surface area contributed by atoms with Crippen molar-refractivity contribution in [2.24, 2.45) is 0 Å². The first-order valence-corrected chi connectivity index (χ1v) is 7.88. The molecule has 1 fully saturated rings. The summed E-state index contributed by atoms with van der Waals surface area (Å²) in [5, 5.41) is 3.22. The number of halogens is 1. The summed E-state index contributed by atoms with van der Waals surface area (Å²) in [4.78, 5) is 16.7. The largest absolute Gasteiger partial charge is 0.365 e. The highest BCUT2D eigenvalue weighted by Crippen LogP contribution is 2.41. The Labute approximate surface area is 128 Å². The number of hydrogen-bond donors (Lipinski definition) is 1. The Morgan fingerprint density at radius 3 is 2.85 bits per heavy atom. The van der Waals surface area contributed by atoms with Crippen LogP contribution in [0, 0.1) is 6.92 Å². The van der Waals surface area contributed by atoms with Crippen LogP contribution in [0.5, 0.6) is 0 Å². The van der Waals surface area contributed by atoms with Gasteiger partial charge in [0.1, 0.15) is 0 Å². The van der Waals surface area contributed by atoms with E-state index in [0.29, 0.717) is 12.6 Å². The highest BCUT2D eigenvalue weighted by atomic mass is 79.9. The van der Waals surface area contributed by atoms with Crippen molar-refractivity contribution in [2.75, 3.05) is 29.4 Å². The average molecular weight is 338 g/mol. The van der Waals surface area contributed by atoms with E-state index in [0.717, 1.165) is 23.2 Å². The lowest BCUT2D eigenvalue weighted by Gasteiger charge is -2.47. The second-order valence-corrected chi connectivity index (χ2v) is 6.80. The van der Waals surface area contributed by atoms with Gasteiger partial charge in [-0.05, 0) is 38.5 Å². The van der Waals surface area contributed by atoms with Gasteiger partial charge >= 0.3 is 0 Å². The molecule has 2 aliphatic rings. The Kier molecular flexibility index (Phi) is 3.50. The third kappa shape index (κ3) is 2.13. The molecule has 1 atom stereocenters. The number of nitrogens with zero attached hydrogens (tertiary/aromatic N) is 2. The van der Waals surface area contributed by atoms with Gasteiger partial charge in [-0.2, -0.15) is 0 Å². The minimum absolute atomic E-state index is 0.170. The molecule has 108 valence electrons. The molecule has 0 aromatic heterocycles. The first-order valence-electron chi connectivity index (χ1n) is 7.08. The molecule has 0 saturated carbocycles. The molecule has 20 heavy (non-hydrogen) atoms. The van der Waals surface area contributed by atoms with Gasteiger partial charge in [-0.3, -0.25) is 4.79 Å². The van der Waals surface area contributed by atoms with Crippen molar-refractivity contribution in [3.8, 4) is 0 Å². The first kappa shape index (κ1) is 13.9. The van der Waals surface area contributed by atoms with Crippen LogP contribution in [0.1, 0.15) is 19.4 Å². The van der Waals surface area contributed by atoms with Crippen LogP contribution in [0.15, 0.2) is 16.6 Å². The SMILES string of the molecule is Cc1cc(Br)cc2c1N(C(C)C)CC1CNCC(=O)N21. The molecule has 1 saturated heterocycles. The van der Waals surface area contributed by atoms with E-state index in [1.54, 1.807) is 0 Å². The number of carbonyl (C=O) groups is 1. The number of benzene rings is 1. The lowest BCUT2D eigenvalue weighted by atomic mass is 10.00. The van der Waals surface area contributed by atoms with E-state index in [2.05, 4.69) is 59.1 Å². The van der Waals surface area contributed by atoms with E-state index in [1.165, 1.54) is 11.3 Å². The molecule has 3 rings (SSSR count). The van der Waals surface area contributed by atoms with Crippen molar-refractivity contribution in [3.63, 3.8) is 0 Å². The first-order chi connectivity index (χ1) is 9.49. The Morgan fingerprint density at radius 2 is 2.15 bits per heavy atom. The molecule has 5 heteroatoms. The Hall–Kier alpha value is -1.07. The van der Waals surface area contributed by atoms with E-state index in [1.807, 2.05) is 4.90 Å². The van der Waals surface area contributed by atoms with Crippen molar-refractivity contribution in [2.45, 2.75) is 32.9 Å². The number of anilines is 2. The van der Waals surface area contributed by atoms with Gasteiger partial charge in [-0.25, -0.2) is 0 Å². The smallest absolute Gasteiger partial charge is 0.241 e. The van der Waals surface area contributed by atoms with Crippen LogP contribution in [0.25, 0.3) is 0 Å². The molecule has 1 aromatic rings. The molecule has 1 unspecified atom stereocenters. The van der Waals surface area contributed by atoms with Crippen LogP contribution in [0.3, 0.4) is 0 Å². The highest BCUT2D eigenvalue weighted by Gasteiger charge is 2.38. The minimum atomic E-state index is 0.170. The lowest BCUT2D eigenvalue weighted by molar-refractivity contribution is -0.119. The van der Waals surface area contributed by atoms with Crippen LogP contribution in [0.4, 0.5) is 11.4 Å². The summed E-state index contributed by atoms with van der Waals surface area (Å²) in [6.07, 6.45) is 0. The molecule has 4 nitrogen and oxygen atoms in total. The van der Waals surface area contributed by atoms with Gasteiger partial charge in [0, 0.05) is 23.6 Å². The summed E-state index contributed by atoms with van der Waals surface area (Å²) in [6.45, 7) is 8.72. The Bertz CT molecular complexity index is 558. The molecular weight excluding hydrogens is 318 g/mol. The summed E-state index contributed by atoms with van der Waals surface area (Å²) >= 11 is 3.56. The van der Waals surface area contributed by atoms with Crippen LogP contribution in [0.2, 0.25) is 0 Å². The summed E-state index contributed by atoms with van der Waals surface area (Å²) in [5.74, 6) is 0.170. The summed E-state index contributed by atoms with van der Waals surface area (Å²) in [6, 6.07) is 4.85. The predicted molar refractivity (Wildman–Crippen MR) is 85.5 cm³/mol. The molecule has 2 aliphatic heterocycles. The van der Waals surface area contributed by atoms with Crippen LogP contribution in [-0.4, -0.2) is 37.6 Å². The molecule has 0 aliphatic carbocycles. The number of amides is 1. The fourth-order valence-corrected chi connectivity index (χ4v) is 3.83. The second-order valence-electron chi connectivity index (χ2n) is 5.88. The quantitative estimate of drug-likeness (QED) is 0.854. The maximum atomic E-state index is 12.3. The van der Waals surface area contributed by atoms with Crippen LogP contribution >= 0.6 is 15.9 Å². The van der Waals surface area contributed by atoms with Crippen molar-refractivity contribution in [3.05, 3.63) is 22.2 Å². The third-order valence-corrected chi connectivity index (χ3v) is 4.57. The third-order valence-electron chi connectivity index (χ3n) is 4.11. The number of aryl methyl sites for hydroxylation is 1.